The van der Waals surface area contributed by atoms with Crippen molar-refractivity contribution < 1.29 is 9.59 Å². The van der Waals surface area contributed by atoms with Crippen LogP contribution in [0.5, 0.6) is 0 Å². The molecule has 0 aliphatic heterocycles. The molecule has 1 N–H and O–H groups in total. The molecule has 1 aromatic carbocycles. The zero-order valence-electron chi connectivity index (χ0n) is 14.1. The highest BCUT2D eigenvalue weighted by Gasteiger charge is 2.21. The molecular weight excluding hydrogens is 354 g/mol. The maximum Gasteiger partial charge on any atom is 0.225 e. The quantitative estimate of drug-likeness (QED) is 0.718. The van der Waals surface area contributed by atoms with E-state index in [-0.39, 0.29) is 24.3 Å². The van der Waals surface area contributed by atoms with E-state index < -0.39 is 0 Å². The molecule has 2 amide bonds. The van der Waals surface area contributed by atoms with Crippen LogP contribution in [0.3, 0.4) is 0 Å². The van der Waals surface area contributed by atoms with Gasteiger partial charge in [0, 0.05) is 18.8 Å². The molecule has 0 unspecified atom stereocenters. The van der Waals surface area contributed by atoms with Crippen LogP contribution in [0.1, 0.15) is 29.3 Å². The number of benzene rings is 1. The Labute approximate surface area is 154 Å². The first-order valence-electron chi connectivity index (χ1n) is 7.92. The number of hydrogen-bond donors (Lipinski definition) is 1. The van der Waals surface area contributed by atoms with E-state index in [0.29, 0.717) is 6.54 Å². The highest BCUT2D eigenvalue weighted by atomic mass is 32.1. The lowest BCUT2D eigenvalue weighted by atomic mass is 10.1. The number of nitrogens with zero attached hydrogens (tertiary/aromatic N) is 2. The predicted octanol–water partition coefficient (Wildman–Crippen LogP) is 3.58. The third-order valence-corrected chi connectivity index (χ3v) is 5.79. The van der Waals surface area contributed by atoms with Crippen molar-refractivity contribution in [2.75, 3.05) is 7.05 Å². The van der Waals surface area contributed by atoms with Gasteiger partial charge in [-0.3, -0.25) is 9.59 Å². The highest BCUT2D eigenvalue weighted by molar-refractivity contribution is 7.18. The summed E-state index contributed by atoms with van der Waals surface area (Å²) in [6, 6.07) is 11.5. The second-order valence-corrected chi connectivity index (χ2v) is 7.89. The Balaban J connectivity index is 1.67. The average Bonchev–Trinajstić information content (AvgIpc) is 3.22. The molecule has 1 atom stereocenters. The van der Waals surface area contributed by atoms with Gasteiger partial charge in [0.15, 0.2) is 0 Å². The molecule has 0 aliphatic carbocycles. The minimum atomic E-state index is -0.289. The van der Waals surface area contributed by atoms with E-state index in [1.807, 2.05) is 41.8 Å². The first-order valence-corrected chi connectivity index (χ1v) is 9.61. The molecule has 3 aromatic rings. The van der Waals surface area contributed by atoms with Crippen LogP contribution in [-0.2, 0) is 16.1 Å². The molecule has 2 aromatic heterocycles. The van der Waals surface area contributed by atoms with Crippen molar-refractivity contribution in [2.24, 2.45) is 0 Å². The van der Waals surface area contributed by atoms with Gasteiger partial charge in [-0.25, -0.2) is 4.98 Å². The molecular formula is C18H19N3O2S2. The Morgan fingerprint density at radius 1 is 1.24 bits per heavy atom. The van der Waals surface area contributed by atoms with Gasteiger partial charge in [-0.15, -0.1) is 22.7 Å². The fraction of sp³-hybridized carbons (Fsp3) is 0.278. The van der Waals surface area contributed by atoms with E-state index >= 15 is 0 Å². The van der Waals surface area contributed by atoms with Crippen molar-refractivity contribution in [2.45, 2.75) is 25.9 Å². The van der Waals surface area contributed by atoms with Crippen molar-refractivity contribution in [3.63, 3.8) is 0 Å². The van der Waals surface area contributed by atoms with Gasteiger partial charge in [-0.1, -0.05) is 18.2 Å². The third kappa shape index (κ3) is 4.43. The topological polar surface area (TPSA) is 62.3 Å². The summed E-state index contributed by atoms with van der Waals surface area (Å²) in [6.45, 7) is 1.94. The number of hydrogen-bond acceptors (Lipinski definition) is 5. The number of thiophene rings is 1. The van der Waals surface area contributed by atoms with Crippen molar-refractivity contribution in [3.05, 3.63) is 51.7 Å². The summed E-state index contributed by atoms with van der Waals surface area (Å²) in [5.41, 5.74) is 0.957. The van der Waals surface area contributed by atoms with Gasteiger partial charge in [0.05, 0.1) is 29.2 Å². The summed E-state index contributed by atoms with van der Waals surface area (Å²) in [5.74, 6) is -0.161. The molecule has 0 fully saturated rings. The van der Waals surface area contributed by atoms with E-state index in [2.05, 4.69) is 10.3 Å². The average molecular weight is 374 g/mol. The molecule has 0 spiro atoms. The number of thiazole rings is 1. The van der Waals surface area contributed by atoms with E-state index in [9.17, 15) is 9.59 Å². The molecule has 25 heavy (non-hydrogen) atoms. The molecule has 7 heteroatoms. The lowest BCUT2D eigenvalue weighted by molar-refractivity contribution is -0.131. The van der Waals surface area contributed by atoms with Gasteiger partial charge in [0.2, 0.25) is 11.8 Å². The molecule has 5 nitrogen and oxygen atoms in total. The number of nitrogens with one attached hydrogen (secondary N) is 1. The maximum atomic E-state index is 12.6. The van der Waals surface area contributed by atoms with Gasteiger partial charge < -0.3 is 10.2 Å². The fourth-order valence-corrected chi connectivity index (χ4v) is 4.37. The molecule has 0 radical (unpaired) electrons. The van der Waals surface area contributed by atoms with Crippen molar-refractivity contribution in [1.82, 2.24) is 15.2 Å². The third-order valence-electron chi connectivity index (χ3n) is 3.78. The largest absolute Gasteiger partial charge is 0.348 e. The number of carbonyl (C=O) groups is 2. The summed E-state index contributed by atoms with van der Waals surface area (Å²) in [6.07, 6.45) is 0.238. The number of para-hydroxylation sites is 1. The van der Waals surface area contributed by atoms with Crippen LogP contribution in [0.4, 0.5) is 0 Å². The number of rotatable bonds is 6. The van der Waals surface area contributed by atoms with Gasteiger partial charge in [0.25, 0.3) is 0 Å². The molecule has 0 saturated carbocycles. The van der Waals surface area contributed by atoms with Gasteiger partial charge in [-0.2, -0.15) is 0 Å². The van der Waals surface area contributed by atoms with Crippen LogP contribution in [0, 0.1) is 0 Å². The van der Waals surface area contributed by atoms with Crippen LogP contribution >= 0.6 is 22.7 Å². The van der Waals surface area contributed by atoms with E-state index in [0.717, 1.165) is 20.1 Å². The Bertz CT molecular complexity index is 840. The fourth-order valence-electron chi connectivity index (χ4n) is 2.57. The van der Waals surface area contributed by atoms with Crippen LogP contribution in [-0.4, -0.2) is 28.7 Å². The van der Waals surface area contributed by atoms with E-state index in [1.165, 1.54) is 18.3 Å². The van der Waals surface area contributed by atoms with Crippen LogP contribution in [0.15, 0.2) is 41.8 Å². The number of carbonyl (C=O) groups excluding carboxylic acids is 2. The minimum absolute atomic E-state index is 0.0218. The van der Waals surface area contributed by atoms with Crippen molar-refractivity contribution in [3.8, 4) is 0 Å². The normalized spacial score (nSPS) is 12.1. The summed E-state index contributed by atoms with van der Waals surface area (Å²) in [5, 5.41) is 5.72. The summed E-state index contributed by atoms with van der Waals surface area (Å²) in [7, 11) is 1.77. The van der Waals surface area contributed by atoms with Gasteiger partial charge in [0.1, 0.15) is 5.01 Å². The summed E-state index contributed by atoms with van der Waals surface area (Å²) in [4.78, 5) is 31.3. The molecule has 0 saturated heterocycles. The number of aromatic nitrogens is 1. The smallest absolute Gasteiger partial charge is 0.225 e. The Kier molecular flexibility index (Phi) is 5.45. The predicted molar refractivity (Wildman–Crippen MR) is 102 cm³/mol. The zero-order chi connectivity index (χ0) is 17.8. The Morgan fingerprint density at radius 3 is 2.72 bits per heavy atom. The van der Waals surface area contributed by atoms with E-state index in [4.69, 9.17) is 0 Å². The van der Waals surface area contributed by atoms with Gasteiger partial charge in [-0.05, 0) is 23.6 Å². The van der Waals surface area contributed by atoms with E-state index in [1.54, 1.807) is 23.3 Å². The van der Waals surface area contributed by atoms with Gasteiger partial charge >= 0.3 is 0 Å². The Hall–Kier alpha value is -2.25. The minimum Gasteiger partial charge on any atom is -0.348 e. The SMILES string of the molecule is CC(=O)N[C@@H](CC(=O)N(C)Cc1nc2ccccc2s1)c1cccs1. The zero-order valence-corrected chi connectivity index (χ0v) is 15.7. The molecule has 130 valence electrons. The molecule has 0 aliphatic rings. The monoisotopic (exact) mass is 373 g/mol. The Morgan fingerprint density at radius 2 is 2.04 bits per heavy atom. The lowest BCUT2D eigenvalue weighted by Crippen LogP contribution is -2.33. The molecule has 2 heterocycles. The highest BCUT2D eigenvalue weighted by Crippen LogP contribution is 2.25. The molecule has 3 rings (SSSR count). The number of fused-ring (bicyclic) bond motifs is 1. The van der Waals surface area contributed by atoms with Crippen LogP contribution < -0.4 is 5.32 Å². The van der Waals surface area contributed by atoms with Crippen molar-refractivity contribution >= 4 is 44.7 Å². The second kappa shape index (κ2) is 7.76. The number of amides is 2. The first kappa shape index (κ1) is 17.6. The van der Waals surface area contributed by atoms with Crippen LogP contribution in [0.2, 0.25) is 0 Å². The van der Waals surface area contributed by atoms with Crippen molar-refractivity contribution in [1.29, 1.82) is 0 Å². The maximum absolute atomic E-state index is 12.6. The van der Waals surface area contributed by atoms with Crippen LogP contribution in [0.25, 0.3) is 10.2 Å². The second-order valence-electron chi connectivity index (χ2n) is 5.80. The lowest BCUT2D eigenvalue weighted by Gasteiger charge is -2.21. The summed E-state index contributed by atoms with van der Waals surface area (Å²) >= 11 is 3.14. The molecule has 0 bridgehead atoms. The standard InChI is InChI=1S/C18H19N3O2S2/c1-12(22)19-14(15-8-5-9-24-15)10-18(23)21(2)11-17-20-13-6-3-4-7-16(13)25-17/h3-9,14H,10-11H2,1-2H3,(H,19,22)/t14-/m0/s1. The summed E-state index contributed by atoms with van der Waals surface area (Å²) < 4.78 is 1.12. The first-order chi connectivity index (χ1) is 12.0.